The van der Waals surface area contributed by atoms with Crippen molar-refractivity contribution in [2.75, 3.05) is 0 Å². The van der Waals surface area contributed by atoms with Crippen LogP contribution in [0.5, 0.6) is 0 Å². The van der Waals surface area contributed by atoms with Crippen LogP contribution in [0, 0.1) is 0 Å². The summed E-state index contributed by atoms with van der Waals surface area (Å²) in [5.41, 5.74) is 5.90. The van der Waals surface area contributed by atoms with Gasteiger partial charge in [-0.25, -0.2) is 0 Å². The van der Waals surface area contributed by atoms with Crippen molar-refractivity contribution in [3.63, 3.8) is 0 Å². The number of hydrogen-bond acceptors (Lipinski definition) is 0. The minimum Gasteiger partial charge on any atom is -0.0656 e. The second kappa shape index (κ2) is 6.18. The molecule has 0 heterocycles. The first-order valence-corrected chi connectivity index (χ1v) is 12.6. The highest BCUT2D eigenvalue weighted by atomic mass is 28.3. The zero-order valence-electron chi connectivity index (χ0n) is 17.0. The maximum absolute atomic E-state index is 2.45. The maximum atomic E-state index is 2.45. The Kier molecular flexibility index (Phi) is 4.89. The van der Waals surface area contributed by atoms with E-state index in [2.05, 4.69) is 104 Å². The van der Waals surface area contributed by atoms with Crippen LogP contribution in [0.2, 0.25) is 19.6 Å². The molecule has 2 aromatic carbocycles. The minimum absolute atomic E-state index is 0.173. The third-order valence-electron chi connectivity index (χ3n) is 4.73. The lowest BCUT2D eigenvalue weighted by atomic mass is 9.83. The van der Waals surface area contributed by atoms with Gasteiger partial charge in [0, 0.05) is 0 Å². The highest BCUT2D eigenvalue weighted by molar-refractivity contribution is 6.88. The van der Waals surface area contributed by atoms with E-state index in [0.29, 0.717) is 0 Å². The molecule has 0 spiro atoms. The van der Waals surface area contributed by atoms with Gasteiger partial charge in [-0.2, -0.15) is 0 Å². The molecule has 0 aliphatic carbocycles. The predicted molar refractivity (Wildman–Crippen MR) is 112 cm³/mol. The molecule has 0 radical (unpaired) electrons. The molecule has 0 saturated heterocycles. The lowest BCUT2D eigenvalue weighted by molar-refractivity contribution is 0.589. The Morgan fingerprint density at radius 2 is 1.17 bits per heavy atom. The van der Waals surface area contributed by atoms with Crippen LogP contribution in [-0.2, 0) is 10.8 Å². The first-order chi connectivity index (χ1) is 10.8. The lowest BCUT2D eigenvalue weighted by Crippen LogP contribution is -2.38. The zero-order chi connectivity index (χ0) is 18.3. The topological polar surface area (TPSA) is 0 Å². The fourth-order valence-electron chi connectivity index (χ4n) is 2.83. The van der Waals surface area contributed by atoms with Gasteiger partial charge in [-0.05, 0) is 33.1 Å². The van der Waals surface area contributed by atoms with Gasteiger partial charge in [-0.3, -0.25) is 0 Å². The Hall–Kier alpha value is -1.34. The molecular formula is C23H34Si. The van der Waals surface area contributed by atoms with Crippen LogP contribution in [0.4, 0.5) is 0 Å². The molecule has 24 heavy (non-hydrogen) atoms. The van der Waals surface area contributed by atoms with Crippen LogP contribution in [0.3, 0.4) is 0 Å². The third kappa shape index (κ3) is 4.39. The molecule has 0 unspecified atom stereocenters. The molecule has 0 saturated carbocycles. The van der Waals surface area contributed by atoms with E-state index in [9.17, 15) is 0 Å². The smallest absolute Gasteiger partial charge is 0.0656 e. The van der Waals surface area contributed by atoms with E-state index in [1.165, 1.54) is 22.3 Å². The summed E-state index contributed by atoms with van der Waals surface area (Å²) >= 11 is 0. The Labute approximate surface area is 150 Å². The average molecular weight is 339 g/mol. The normalized spacial score (nSPS) is 13.2. The number of rotatable bonds is 2. The summed E-state index contributed by atoms with van der Waals surface area (Å²) in [5.74, 6) is 0. The van der Waals surface area contributed by atoms with Crippen LogP contribution < -0.4 is 5.19 Å². The van der Waals surface area contributed by atoms with E-state index < -0.39 is 8.07 Å². The number of benzene rings is 2. The summed E-state index contributed by atoms with van der Waals surface area (Å²) in [6, 6.07) is 16.4. The van der Waals surface area contributed by atoms with Crippen molar-refractivity contribution >= 4 is 13.3 Å². The Bertz CT molecular complexity index is 687. The first-order valence-electron chi connectivity index (χ1n) is 9.05. The van der Waals surface area contributed by atoms with Gasteiger partial charge in [0.25, 0.3) is 0 Å². The van der Waals surface area contributed by atoms with Gasteiger partial charge < -0.3 is 0 Å². The summed E-state index contributed by atoms with van der Waals surface area (Å²) in [7, 11) is -1.36. The predicted octanol–water partition coefficient (Wildman–Crippen LogP) is 6.49. The second-order valence-electron chi connectivity index (χ2n) is 10.1. The molecule has 0 amide bonds. The largest absolute Gasteiger partial charge is 0.0776 e. The average Bonchev–Trinajstić information content (AvgIpc) is 2.44. The summed E-state index contributed by atoms with van der Waals surface area (Å²) in [6.45, 7) is 21.1. The van der Waals surface area contributed by atoms with Crippen molar-refractivity contribution < 1.29 is 0 Å². The quantitative estimate of drug-likeness (QED) is 0.549. The fourth-order valence-corrected chi connectivity index (χ4v) is 4.00. The summed E-state index contributed by atoms with van der Waals surface area (Å²) in [4.78, 5) is 0. The first kappa shape index (κ1) is 19.0. The van der Waals surface area contributed by atoms with E-state index >= 15 is 0 Å². The van der Waals surface area contributed by atoms with Crippen molar-refractivity contribution in [1.29, 1.82) is 0 Å². The fraction of sp³-hybridized carbons (Fsp3) is 0.478. The van der Waals surface area contributed by atoms with Crippen molar-refractivity contribution in [1.82, 2.24) is 0 Å². The van der Waals surface area contributed by atoms with E-state index in [-0.39, 0.29) is 10.8 Å². The van der Waals surface area contributed by atoms with Crippen LogP contribution >= 0.6 is 0 Å². The molecule has 2 rings (SSSR count). The molecule has 0 aliphatic heterocycles. The van der Waals surface area contributed by atoms with Crippen LogP contribution in [0.1, 0.15) is 52.7 Å². The van der Waals surface area contributed by atoms with Crippen molar-refractivity contribution in [3.05, 3.63) is 53.6 Å². The number of hydrogen-bond donors (Lipinski definition) is 0. The molecule has 0 aromatic heterocycles. The van der Waals surface area contributed by atoms with Gasteiger partial charge in [0.05, 0.1) is 8.07 Å². The monoisotopic (exact) mass is 338 g/mol. The molecule has 130 valence electrons. The third-order valence-corrected chi connectivity index (χ3v) is 6.75. The molecule has 0 bridgehead atoms. The molecule has 0 N–H and O–H groups in total. The highest BCUT2D eigenvalue weighted by Crippen LogP contribution is 2.31. The van der Waals surface area contributed by atoms with E-state index in [1.54, 1.807) is 5.19 Å². The SMILES string of the molecule is CC(C)(C)c1cccc(-c2cc(C(C)(C)C)cc([Si](C)(C)C)c2)c1. The molecule has 2 aromatic rings. The van der Waals surface area contributed by atoms with Gasteiger partial charge in [0.1, 0.15) is 0 Å². The highest BCUT2D eigenvalue weighted by Gasteiger charge is 2.22. The zero-order valence-corrected chi connectivity index (χ0v) is 18.0. The van der Waals surface area contributed by atoms with Crippen LogP contribution in [0.15, 0.2) is 42.5 Å². The van der Waals surface area contributed by atoms with Gasteiger partial charge in [-0.15, -0.1) is 0 Å². The van der Waals surface area contributed by atoms with Crippen LogP contribution in [-0.4, -0.2) is 8.07 Å². The van der Waals surface area contributed by atoms with Crippen molar-refractivity contribution in [2.24, 2.45) is 0 Å². The Balaban J connectivity index is 2.66. The van der Waals surface area contributed by atoms with Crippen molar-refractivity contribution in [2.45, 2.75) is 72.0 Å². The summed E-state index contributed by atoms with van der Waals surface area (Å²) in [5, 5.41) is 1.55. The molecule has 0 atom stereocenters. The van der Waals surface area contributed by atoms with Gasteiger partial charge in [0.2, 0.25) is 0 Å². The lowest BCUT2D eigenvalue weighted by Gasteiger charge is -2.26. The maximum Gasteiger partial charge on any atom is 0.0776 e. The summed E-state index contributed by atoms with van der Waals surface area (Å²) < 4.78 is 0. The van der Waals surface area contributed by atoms with Gasteiger partial charge >= 0.3 is 0 Å². The molecule has 1 heteroatoms. The molecule has 0 aliphatic rings. The van der Waals surface area contributed by atoms with Gasteiger partial charge in [0.15, 0.2) is 0 Å². The van der Waals surface area contributed by atoms with E-state index in [0.717, 1.165) is 0 Å². The molecule has 0 fully saturated rings. The van der Waals surface area contributed by atoms with Crippen LogP contribution in [0.25, 0.3) is 11.1 Å². The Morgan fingerprint density at radius 3 is 1.67 bits per heavy atom. The Morgan fingerprint density at radius 1 is 0.625 bits per heavy atom. The summed E-state index contributed by atoms with van der Waals surface area (Å²) in [6.07, 6.45) is 0. The van der Waals surface area contributed by atoms with Gasteiger partial charge in [-0.1, -0.05) is 109 Å². The van der Waals surface area contributed by atoms with E-state index in [1.807, 2.05) is 0 Å². The van der Waals surface area contributed by atoms with E-state index in [4.69, 9.17) is 0 Å². The van der Waals surface area contributed by atoms with Crippen molar-refractivity contribution in [3.8, 4) is 11.1 Å². The minimum atomic E-state index is -1.36. The molecule has 0 nitrogen and oxygen atoms in total. The molecular weight excluding hydrogens is 304 g/mol. The standard InChI is InChI=1S/C23H34Si/c1-22(2,3)19-12-10-11-17(13-19)18-14-20(23(4,5)6)16-21(15-18)24(7,8)9/h10-16H,1-9H3. The second-order valence-corrected chi connectivity index (χ2v) is 15.2.